The summed E-state index contributed by atoms with van der Waals surface area (Å²) >= 11 is 0. The highest BCUT2D eigenvalue weighted by molar-refractivity contribution is 5.94. The number of H-pyrrole nitrogens is 1. The van der Waals surface area contributed by atoms with E-state index >= 15 is 0 Å². The van der Waals surface area contributed by atoms with Gasteiger partial charge in [-0.2, -0.15) is 5.10 Å². The zero-order valence-corrected chi connectivity index (χ0v) is 10.1. The molecule has 1 N–H and O–H groups in total. The Balaban J connectivity index is 2.12. The lowest BCUT2D eigenvalue weighted by molar-refractivity contribution is 0.0777. The fraction of sp³-hybridized carbons (Fsp3) is 0.250. The Bertz CT molecular complexity index is 567. The summed E-state index contributed by atoms with van der Waals surface area (Å²) in [7, 11) is 1.58. The zero-order chi connectivity index (χ0) is 13.1. The Labute approximate surface area is 104 Å². The molecule has 1 aromatic heterocycles. The quantitative estimate of drug-likeness (QED) is 0.895. The lowest BCUT2D eigenvalue weighted by Gasteiger charge is -2.15. The van der Waals surface area contributed by atoms with Gasteiger partial charge in [-0.1, -0.05) is 12.1 Å². The predicted octanol–water partition coefficient (Wildman–Crippen LogP) is 1.52. The first-order valence-electron chi connectivity index (χ1n) is 5.46. The van der Waals surface area contributed by atoms with E-state index in [-0.39, 0.29) is 12.1 Å². The minimum Gasteiger partial charge on any atom is -0.334 e. The highest BCUT2D eigenvalue weighted by Crippen LogP contribution is 2.10. The van der Waals surface area contributed by atoms with Gasteiger partial charge in [0.15, 0.2) is 5.82 Å². The molecule has 0 atom stereocenters. The molecule has 0 fully saturated rings. The number of amides is 1. The van der Waals surface area contributed by atoms with Gasteiger partial charge < -0.3 is 4.90 Å². The van der Waals surface area contributed by atoms with Crippen molar-refractivity contribution >= 4 is 5.91 Å². The van der Waals surface area contributed by atoms with Gasteiger partial charge in [-0.3, -0.25) is 9.89 Å². The first kappa shape index (κ1) is 12.2. The van der Waals surface area contributed by atoms with Crippen molar-refractivity contribution in [3.63, 3.8) is 0 Å². The Kier molecular flexibility index (Phi) is 3.36. The van der Waals surface area contributed by atoms with Crippen LogP contribution in [-0.2, 0) is 6.54 Å². The molecule has 0 aliphatic carbocycles. The van der Waals surface area contributed by atoms with E-state index in [4.69, 9.17) is 0 Å². The molecule has 1 amide bonds. The van der Waals surface area contributed by atoms with Crippen LogP contribution >= 0.6 is 0 Å². The Morgan fingerprint density at radius 3 is 2.78 bits per heavy atom. The van der Waals surface area contributed by atoms with Crippen LogP contribution in [0.25, 0.3) is 0 Å². The van der Waals surface area contributed by atoms with Crippen LogP contribution in [-0.4, -0.2) is 33.0 Å². The lowest BCUT2D eigenvalue weighted by Crippen LogP contribution is -2.27. The molecule has 0 aliphatic heterocycles. The molecule has 2 aromatic rings. The number of rotatable bonds is 3. The third kappa shape index (κ3) is 2.53. The normalized spacial score (nSPS) is 10.4. The van der Waals surface area contributed by atoms with Gasteiger partial charge in [0, 0.05) is 7.05 Å². The van der Waals surface area contributed by atoms with Gasteiger partial charge >= 0.3 is 0 Å². The minimum atomic E-state index is -0.527. The van der Waals surface area contributed by atoms with Crippen molar-refractivity contribution in [2.45, 2.75) is 13.5 Å². The topological polar surface area (TPSA) is 61.9 Å². The molecular formula is C12H13FN4O. The van der Waals surface area contributed by atoms with Crippen LogP contribution in [0.1, 0.15) is 22.0 Å². The van der Waals surface area contributed by atoms with Crippen LogP contribution in [0, 0.1) is 12.7 Å². The van der Waals surface area contributed by atoms with Gasteiger partial charge in [-0.25, -0.2) is 9.37 Å². The van der Waals surface area contributed by atoms with Crippen LogP contribution in [0.5, 0.6) is 0 Å². The van der Waals surface area contributed by atoms with E-state index in [0.29, 0.717) is 11.6 Å². The molecule has 6 heteroatoms. The summed E-state index contributed by atoms with van der Waals surface area (Å²) in [5.41, 5.74) is 0.0484. The second-order valence-corrected chi connectivity index (χ2v) is 3.98. The summed E-state index contributed by atoms with van der Waals surface area (Å²) in [5.74, 6) is 0.257. The average molecular weight is 248 g/mol. The number of carbonyl (C=O) groups is 1. The van der Waals surface area contributed by atoms with E-state index in [1.54, 1.807) is 26.1 Å². The van der Waals surface area contributed by atoms with Gasteiger partial charge in [-0.05, 0) is 19.1 Å². The number of halogens is 1. The fourth-order valence-electron chi connectivity index (χ4n) is 1.58. The van der Waals surface area contributed by atoms with Gasteiger partial charge in [0.2, 0.25) is 0 Å². The van der Waals surface area contributed by atoms with Gasteiger partial charge in [0.25, 0.3) is 5.91 Å². The molecule has 5 nitrogen and oxygen atoms in total. The largest absolute Gasteiger partial charge is 0.334 e. The summed E-state index contributed by atoms with van der Waals surface area (Å²) in [6, 6.07) is 5.89. The summed E-state index contributed by atoms with van der Waals surface area (Å²) in [5, 5.41) is 6.62. The van der Waals surface area contributed by atoms with E-state index in [1.807, 2.05) is 0 Å². The van der Waals surface area contributed by atoms with Crippen molar-refractivity contribution in [1.82, 2.24) is 20.1 Å². The molecular weight excluding hydrogens is 235 g/mol. The number of carbonyl (C=O) groups excluding carboxylic acids is 1. The molecule has 0 spiro atoms. The molecule has 18 heavy (non-hydrogen) atoms. The first-order chi connectivity index (χ1) is 8.58. The summed E-state index contributed by atoms with van der Waals surface area (Å²) in [6.07, 6.45) is 0. The molecule has 0 aliphatic rings. The fourth-order valence-corrected chi connectivity index (χ4v) is 1.58. The molecule has 0 bridgehead atoms. The molecule has 0 radical (unpaired) electrons. The second kappa shape index (κ2) is 4.95. The summed E-state index contributed by atoms with van der Waals surface area (Å²) in [6.45, 7) is 2.01. The molecule has 0 saturated heterocycles. The molecule has 94 valence electrons. The first-order valence-corrected chi connectivity index (χ1v) is 5.46. The lowest BCUT2D eigenvalue weighted by atomic mass is 10.2. The molecule has 1 aromatic carbocycles. The molecule has 0 unspecified atom stereocenters. The number of hydrogen-bond acceptors (Lipinski definition) is 3. The van der Waals surface area contributed by atoms with E-state index < -0.39 is 11.7 Å². The van der Waals surface area contributed by atoms with Crippen molar-refractivity contribution in [2.24, 2.45) is 0 Å². The molecule has 1 heterocycles. The number of nitrogens with one attached hydrogen (secondary N) is 1. The number of aromatic amines is 1. The van der Waals surface area contributed by atoms with Crippen LogP contribution in [0.2, 0.25) is 0 Å². The van der Waals surface area contributed by atoms with Gasteiger partial charge in [0.05, 0.1) is 12.1 Å². The van der Waals surface area contributed by atoms with Crippen molar-refractivity contribution in [3.05, 3.63) is 47.3 Å². The third-order valence-corrected chi connectivity index (χ3v) is 2.47. The minimum absolute atomic E-state index is 0.0484. The maximum absolute atomic E-state index is 13.5. The Morgan fingerprint density at radius 1 is 1.44 bits per heavy atom. The maximum atomic E-state index is 13.5. The smallest absolute Gasteiger partial charge is 0.256 e. The average Bonchev–Trinajstić information content (AvgIpc) is 2.74. The van der Waals surface area contributed by atoms with E-state index in [1.165, 1.54) is 17.0 Å². The Morgan fingerprint density at radius 2 is 2.17 bits per heavy atom. The van der Waals surface area contributed by atoms with E-state index in [9.17, 15) is 9.18 Å². The van der Waals surface area contributed by atoms with Gasteiger partial charge in [0.1, 0.15) is 11.6 Å². The van der Waals surface area contributed by atoms with Gasteiger partial charge in [-0.15, -0.1) is 0 Å². The summed E-state index contributed by atoms with van der Waals surface area (Å²) < 4.78 is 13.5. The highest BCUT2D eigenvalue weighted by atomic mass is 19.1. The molecule has 0 saturated carbocycles. The second-order valence-electron chi connectivity index (χ2n) is 3.98. The van der Waals surface area contributed by atoms with Crippen LogP contribution in [0.3, 0.4) is 0 Å². The number of benzene rings is 1. The zero-order valence-electron chi connectivity index (χ0n) is 10.1. The SMILES string of the molecule is Cc1nc(CN(C)C(=O)c2ccccc2F)n[nH]1. The van der Waals surface area contributed by atoms with Crippen LogP contribution in [0.15, 0.2) is 24.3 Å². The number of nitrogens with zero attached hydrogens (tertiary/aromatic N) is 3. The number of aryl methyl sites for hydroxylation is 1. The number of aromatic nitrogens is 3. The third-order valence-electron chi connectivity index (χ3n) is 2.47. The monoisotopic (exact) mass is 248 g/mol. The van der Waals surface area contributed by atoms with Crippen molar-refractivity contribution in [3.8, 4) is 0 Å². The predicted molar refractivity (Wildman–Crippen MR) is 63.3 cm³/mol. The van der Waals surface area contributed by atoms with E-state index in [0.717, 1.165) is 0 Å². The van der Waals surface area contributed by atoms with E-state index in [2.05, 4.69) is 15.2 Å². The highest BCUT2D eigenvalue weighted by Gasteiger charge is 2.16. The van der Waals surface area contributed by atoms with Crippen molar-refractivity contribution in [2.75, 3.05) is 7.05 Å². The Hall–Kier alpha value is -2.24. The molecule has 2 rings (SSSR count). The van der Waals surface area contributed by atoms with Crippen LogP contribution in [0.4, 0.5) is 4.39 Å². The standard InChI is InChI=1S/C12H13FN4O/c1-8-14-11(16-15-8)7-17(2)12(18)9-5-3-4-6-10(9)13/h3-6H,7H2,1-2H3,(H,14,15,16). The number of hydrogen-bond donors (Lipinski definition) is 1. The van der Waals surface area contributed by atoms with Crippen molar-refractivity contribution < 1.29 is 9.18 Å². The summed E-state index contributed by atoms with van der Waals surface area (Å²) in [4.78, 5) is 17.5. The van der Waals surface area contributed by atoms with Crippen molar-refractivity contribution in [1.29, 1.82) is 0 Å². The van der Waals surface area contributed by atoms with Crippen LogP contribution < -0.4 is 0 Å². The maximum Gasteiger partial charge on any atom is 0.256 e.